The number of nitrogens with zero attached hydrogens (tertiary/aromatic N) is 1. The van der Waals surface area contributed by atoms with E-state index in [1.165, 1.54) is 31.6 Å². The lowest BCUT2D eigenvalue weighted by molar-refractivity contribution is -0.127. The van der Waals surface area contributed by atoms with Gasteiger partial charge in [0, 0.05) is 6.54 Å². The van der Waals surface area contributed by atoms with E-state index >= 15 is 0 Å². The van der Waals surface area contributed by atoms with E-state index in [9.17, 15) is 9.18 Å². The molecule has 0 radical (unpaired) electrons. The lowest BCUT2D eigenvalue weighted by Gasteiger charge is -2.35. The first-order chi connectivity index (χ1) is 10.6. The third-order valence-corrected chi connectivity index (χ3v) is 5.50. The predicted octanol–water partition coefficient (Wildman–Crippen LogP) is 2.50. The first-order valence-corrected chi connectivity index (χ1v) is 8.39. The fraction of sp³-hybridized carbons (Fsp3) is 0.611. The molecular weight excluding hydrogens is 279 g/mol. The number of amides is 1. The minimum absolute atomic E-state index is 0.0515. The fourth-order valence-corrected chi connectivity index (χ4v) is 3.44. The van der Waals surface area contributed by atoms with E-state index in [1.54, 1.807) is 12.1 Å². The summed E-state index contributed by atoms with van der Waals surface area (Å²) in [4.78, 5) is 15.2. The highest BCUT2D eigenvalue weighted by atomic mass is 19.1. The normalized spacial score (nSPS) is 24.4. The molecule has 1 aromatic rings. The number of nitrogens with one attached hydrogen (secondary N) is 1. The molecule has 2 saturated carbocycles. The first-order valence-electron chi connectivity index (χ1n) is 8.39. The van der Waals surface area contributed by atoms with E-state index in [4.69, 9.17) is 0 Å². The summed E-state index contributed by atoms with van der Waals surface area (Å²) in [5.41, 5.74) is 0.875. The van der Waals surface area contributed by atoms with Gasteiger partial charge in [0.05, 0.1) is 11.0 Å². The Kier molecular flexibility index (Phi) is 3.26. The molecule has 3 aliphatic rings. The Balaban J connectivity index is 1.38. The van der Waals surface area contributed by atoms with Crippen LogP contribution < -0.4 is 5.32 Å². The van der Waals surface area contributed by atoms with Gasteiger partial charge in [-0.1, -0.05) is 12.1 Å². The molecule has 1 aliphatic heterocycles. The minimum Gasteiger partial charge on any atom is -0.349 e. The fourth-order valence-electron chi connectivity index (χ4n) is 3.44. The van der Waals surface area contributed by atoms with E-state index in [0.29, 0.717) is 0 Å². The van der Waals surface area contributed by atoms with Crippen LogP contribution in [0.15, 0.2) is 24.3 Å². The summed E-state index contributed by atoms with van der Waals surface area (Å²) in [6.45, 7) is 3.38. The number of carbonyl (C=O) groups excluding carboxylic acids is 1. The maximum atomic E-state index is 13.0. The second-order valence-corrected chi connectivity index (χ2v) is 7.45. The molecule has 0 unspecified atom stereocenters. The summed E-state index contributed by atoms with van der Waals surface area (Å²) in [6.07, 6.45) is 6.16. The van der Waals surface area contributed by atoms with Gasteiger partial charge in [-0.25, -0.2) is 4.39 Å². The number of carbonyl (C=O) groups is 1. The van der Waals surface area contributed by atoms with Crippen LogP contribution in [0.1, 0.15) is 37.7 Å². The van der Waals surface area contributed by atoms with Crippen LogP contribution in [0, 0.1) is 11.2 Å². The maximum Gasteiger partial charge on any atom is 0.227 e. The Bertz CT molecular complexity index is 571. The van der Waals surface area contributed by atoms with Gasteiger partial charge in [-0.15, -0.1) is 0 Å². The van der Waals surface area contributed by atoms with Gasteiger partial charge < -0.3 is 10.2 Å². The molecule has 22 heavy (non-hydrogen) atoms. The maximum absolute atomic E-state index is 13.0. The first kappa shape index (κ1) is 14.2. The van der Waals surface area contributed by atoms with Crippen molar-refractivity contribution in [3.63, 3.8) is 0 Å². The van der Waals surface area contributed by atoms with Gasteiger partial charge in [0.25, 0.3) is 0 Å². The molecule has 118 valence electrons. The van der Waals surface area contributed by atoms with Crippen molar-refractivity contribution in [1.29, 1.82) is 0 Å². The van der Waals surface area contributed by atoms with Crippen LogP contribution in [0.5, 0.6) is 0 Å². The Labute approximate surface area is 130 Å². The second-order valence-electron chi connectivity index (χ2n) is 7.45. The van der Waals surface area contributed by atoms with Crippen molar-refractivity contribution in [3.8, 4) is 0 Å². The lowest BCUT2D eigenvalue weighted by atomic mass is 9.95. The number of hydrogen-bond donors (Lipinski definition) is 1. The molecule has 2 aliphatic carbocycles. The molecule has 1 aromatic carbocycles. The van der Waals surface area contributed by atoms with Crippen LogP contribution in [0.2, 0.25) is 0 Å². The van der Waals surface area contributed by atoms with Crippen LogP contribution >= 0.6 is 0 Å². The van der Waals surface area contributed by atoms with Gasteiger partial charge in [0.2, 0.25) is 5.91 Å². The third-order valence-electron chi connectivity index (χ3n) is 5.50. The molecule has 0 aromatic heterocycles. The van der Waals surface area contributed by atoms with Crippen molar-refractivity contribution in [2.24, 2.45) is 5.41 Å². The van der Waals surface area contributed by atoms with Gasteiger partial charge >= 0.3 is 0 Å². The van der Waals surface area contributed by atoms with Crippen molar-refractivity contribution < 1.29 is 9.18 Å². The summed E-state index contributed by atoms with van der Waals surface area (Å²) in [7, 11) is 0. The van der Waals surface area contributed by atoms with E-state index in [0.717, 1.165) is 44.2 Å². The highest BCUT2D eigenvalue weighted by Gasteiger charge is 2.54. The SMILES string of the molecule is O=C(NC1(CN2CCC2)CC1)C1(Cc2ccc(F)cc2)CC1. The summed E-state index contributed by atoms with van der Waals surface area (Å²) in [5, 5.41) is 3.35. The molecule has 1 N–H and O–H groups in total. The number of likely N-dealkylation sites (tertiary alicyclic amines) is 1. The molecule has 0 bridgehead atoms. The zero-order chi connectivity index (χ0) is 15.2. The molecule has 3 fully saturated rings. The number of benzene rings is 1. The molecule has 0 spiro atoms. The van der Waals surface area contributed by atoms with Gasteiger partial charge in [-0.05, 0) is 69.3 Å². The minimum atomic E-state index is -0.234. The van der Waals surface area contributed by atoms with E-state index in [1.807, 2.05) is 0 Å². The predicted molar refractivity (Wildman–Crippen MR) is 82.9 cm³/mol. The van der Waals surface area contributed by atoms with Crippen molar-refractivity contribution >= 4 is 5.91 Å². The molecule has 0 atom stereocenters. The average Bonchev–Trinajstić information content (AvgIpc) is 3.35. The number of rotatable bonds is 6. The molecular formula is C18H23FN2O. The van der Waals surface area contributed by atoms with Crippen LogP contribution in [0.3, 0.4) is 0 Å². The van der Waals surface area contributed by atoms with Gasteiger partial charge in [-0.3, -0.25) is 4.79 Å². The van der Waals surface area contributed by atoms with Crippen molar-refractivity contribution in [3.05, 3.63) is 35.6 Å². The highest BCUT2D eigenvalue weighted by molar-refractivity contribution is 5.86. The smallest absolute Gasteiger partial charge is 0.227 e. The van der Waals surface area contributed by atoms with Crippen LogP contribution in [0.4, 0.5) is 4.39 Å². The highest BCUT2D eigenvalue weighted by Crippen LogP contribution is 2.50. The summed E-state index contributed by atoms with van der Waals surface area (Å²) in [6, 6.07) is 6.57. The monoisotopic (exact) mass is 302 g/mol. The Morgan fingerprint density at radius 3 is 2.32 bits per heavy atom. The zero-order valence-corrected chi connectivity index (χ0v) is 12.9. The topological polar surface area (TPSA) is 32.3 Å². The third kappa shape index (κ3) is 2.76. The summed E-state index contributed by atoms with van der Waals surface area (Å²) in [5.74, 6) is -0.000576. The molecule has 1 heterocycles. The standard InChI is InChI=1S/C18H23FN2O/c19-15-4-2-14(3-5-15)12-17(6-7-17)16(22)20-18(8-9-18)13-21-10-1-11-21/h2-5H,1,6-13H2,(H,20,22). The van der Waals surface area contributed by atoms with Crippen LogP contribution in [0.25, 0.3) is 0 Å². The van der Waals surface area contributed by atoms with Gasteiger partial charge in [-0.2, -0.15) is 0 Å². The van der Waals surface area contributed by atoms with Crippen LogP contribution in [-0.2, 0) is 11.2 Å². The van der Waals surface area contributed by atoms with Crippen molar-refractivity contribution in [2.45, 2.75) is 44.1 Å². The van der Waals surface area contributed by atoms with Crippen LogP contribution in [-0.4, -0.2) is 36.0 Å². The lowest BCUT2D eigenvalue weighted by Crippen LogP contribution is -2.51. The second kappa shape index (κ2) is 5.05. The van der Waals surface area contributed by atoms with Crippen molar-refractivity contribution in [1.82, 2.24) is 10.2 Å². The Morgan fingerprint density at radius 1 is 1.14 bits per heavy atom. The summed E-state index contributed by atoms with van der Waals surface area (Å²) < 4.78 is 13.0. The molecule has 1 saturated heterocycles. The molecule has 3 nitrogen and oxygen atoms in total. The Morgan fingerprint density at radius 2 is 1.82 bits per heavy atom. The van der Waals surface area contributed by atoms with E-state index in [-0.39, 0.29) is 22.7 Å². The number of halogens is 1. The van der Waals surface area contributed by atoms with Crippen molar-refractivity contribution in [2.75, 3.05) is 19.6 Å². The number of hydrogen-bond acceptors (Lipinski definition) is 2. The Hall–Kier alpha value is -1.42. The summed E-state index contributed by atoms with van der Waals surface area (Å²) >= 11 is 0. The average molecular weight is 302 g/mol. The molecule has 4 heteroatoms. The molecule has 4 rings (SSSR count). The zero-order valence-electron chi connectivity index (χ0n) is 12.9. The van der Waals surface area contributed by atoms with Gasteiger partial charge in [0.15, 0.2) is 0 Å². The van der Waals surface area contributed by atoms with Gasteiger partial charge in [0.1, 0.15) is 5.82 Å². The van der Waals surface area contributed by atoms with E-state index in [2.05, 4.69) is 10.2 Å². The quantitative estimate of drug-likeness (QED) is 0.875. The molecule has 1 amide bonds. The van der Waals surface area contributed by atoms with E-state index < -0.39 is 0 Å². The largest absolute Gasteiger partial charge is 0.349 e.